The SMILES string of the molecule is O=C1CCCN1C(=O)c1ccccn1. The number of carbonyl (C=O) groups excluding carboxylic acids is 2. The van der Waals surface area contributed by atoms with Crippen molar-refractivity contribution in [3.05, 3.63) is 30.1 Å². The predicted molar refractivity (Wildman–Crippen MR) is 49.5 cm³/mol. The molecule has 1 aliphatic rings. The largest absolute Gasteiger partial charge is 0.279 e. The molecule has 2 amide bonds. The Balaban J connectivity index is 2.20. The first kappa shape index (κ1) is 8.87. The van der Waals surface area contributed by atoms with Gasteiger partial charge in [0.05, 0.1) is 0 Å². The van der Waals surface area contributed by atoms with Gasteiger partial charge in [-0.2, -0.15) is 0 Å². The Bertz CT molecular complexity index is 362. The highest BCUT2D eigenvalue weighted by Gasteiger charge is 2.27. The zero-order valence-electron chi connectivity index (χ0n) is 7.64. The molecule has 1 aliphatic heterocycles. The van der Waals surface area contributed by atoms with E-state index in [9.17, 15) is 9.59 Å². The van der Waals surface area contributed by atoms with Crippen LogP contribution in [0.3, 0.4) is 0 Å². The van der Waals surface area contributed by atoms with Crippen LogP contribution >= 0.6 is 0 Å². The Morgan fingerprint density at radius 2 is 2.29 bits per heavy atom. The van der Waals surface area contributed by atoms with Crippen LogP contribution in [0.2, 0.25) is 0 Å². The number of aromatic nitrogens is 1. The fraction of sp³-hybridized carbons (Fsp3) is 0.300. The van der Waals surface area contributed by atoms with Gasteiger partial charge in [-0.25, -0.2) is 0 Å². The van der Waals surface area contributed by atoms with Crippen LogP contribution in [-0.2, 0) is 4.79 Å². The first-order valence-corrected chi connectivity index (χ1v) is 4.55. The van der Waals surface area contributed by atoms with E-state index in [1.54, 1.807) is 24.4 Å². The highest BCUT2D eigenvalue weighted by atomic mass is 16.2. The van der Waals surface area contributed by atoms with Gasteiger partial charge in [0.25, 0.3) is 5.91 Å². The summed E-state index contributed by atoms with van der Waals surface area (Å²) in [5.41, 5.74) is 0.336. The van der Waals surface area contributed by atoms with Crippen LogP contribution in [0.5, 0.6) is 0 Å². The second-order valence-corrected chi connectivity index (χ2v) is 3.17. The van der Waals surface area contributed by atoms with Gasteiger partial charge in [0, 0.05) is 19.2 Å². The number of imide groups is 1. The lowest BCUT2D eigenvalue weighted by Crippen LogP contribution is -2.32. The number of nitrogens with zero attached hydrogens (tertiary/aromatic N) is 2. The van der Waals surface area contributed by atoms with Gasteiger partial charge in [-0.1, -0.05) is 6.07 Å². The molecule has 4 nitrogen and oxygen atoms in total. The molecule has 0 aromatic carbocycles. The second kappa shape index (κ2) is 3.57. The molecular formula is C10H10N2O2. The van der Waals surface area contributed by atoms with Crippen LogP contribution in [-0.4, -0.2) is 28.2 Å². The molecular weight excluding hydrogens is 180 g/mol. The van der Waals surface area contributed by atoms with Gasteiger partial charge in [-0.3, -0.25) is 19.5 Å². The second-order valence-electron chi connectivity index (χ2n) is 3.17. The monoisotopic (exact) mass is 190 g/mol. The molecule has 0 bridgehead atoms. The van der Waals surface area contributed by atoms with E-state index in [1.807, 2.05) is 0 Å². The lowest BCUT2D eigenvalue weighted by Gasteiger charge is -2.11. The van der Waals surface area contributed by atoms with Gasteiger partial charge < -0.3 is 0 Å². The first-order chi connectivity index (χ1) is 6.79. The molecule has 4 heteroatoms. The molecule has 0 N–H and O–H groups in total. The van der Waals surface area contributed by atoms with E-state index in [2.05, 4.69) is 4.98 Å². The average molecular weight is 190 g/mol. The lowest BCUT2D eigenvalue weighted by atomic mass is 10.3. The summed E-state index contributed by atoms with van der Waals surface area (Å²) >= 11 is 0. The molecule has 0 saturated carbocycles. The minimum atomic E-state index is -0.284. The van der Waals surface area contributed by atoms with Crippen molar-refractivity contribution in [2.75, 3.05) is 6.54 Å². The maximum atomic E-state index is 11.7. The minimum absolute atomic E-state index is 0.0966. The molecule has 1 aromatic heterocycles. The van der Waals surface area contributed by atoms with Crippen molar-refractivity contribution in [2.24, 2.45) is 0 Å². The molecule has 14 heavy (non-hydrogen) atoms. The van der Waals surface area contributed by atoms with Gasteiger partial charge in [0.1, 0.15) is 5.69 Å². The zero-order valence-corrected chi connectivity index (χ0v) is 7.64. The van der Waals surface area contributed by atoms with Crippen molar-refractivity contribution in [3.8, 4) is 0 Å². The molecule has 2 heterocycles. The molecule has 0 aliphatic carbocycles. The van der Waals surface area contributed by atoms with Crippen LogP contribution in [0.4, 0.5) is 0 Å². The van der Waals surface area contributed by atoms with Crippen LogP contribution in [0.25, 0.3) is 0 Å². The summed E-state index contributed by atoms with van der Waals surface area (Å²) in [6, 6.07) is 5.09. The quantitative estimate of drug-likeness (QED) is 0.617. The minimum Gasteiger partial charge on any atom is -0.277 e. The summed E-state index contributed by atoms with van der Waals surface area (Å²) in [5.74, 6) is -0.381. The Labute approximate surface area is 81.6 Å². The normalized spacial score (nSPS) is 16.0. The number of hydrogen-bond acceptors (Lipinski definition) is 3. The molecule has 0 unspecified atom stereocenters. The van der Waals surface area contributed by atoms with E-state index in [1.165, 1.54) is 4.90 Å². The maximum absolute atomic E-state index is 11.7. The van der Waals surface area contributed by atoms with Crippen molar-refractivity contribution in [1.29, 1.82) is 0 Å². The summed E-state index contributed by atoms with van der Waals surface area (Å²) in [4.78, 5) is 28.1. The van der Waals surface area contributed by atoms with Crippen LogP contribution in [0.15, 0.2) is 24.4 Å². The van der Waals surface area contributed by atoms with E-state index in [0.717, 1.165) is 6.42 Å². The highest BCUT2D eigenvalue weighted by molar-refractivity contribution is 6.04. The number of rotatable bonds is 1. The lowest BCUT2D eigenvalue weighted by molar-refractivity contribution is -0.125. The molecule has 0 radical (unpaired) electrons. The molecule has 0 atom stereocenters. The van der Waals surface area contributed by atoms with Crippen molar-refractivity contribution < 1.29 is 9.59 Å². The van der Waals surface area contributed by atoms with Crippen LogP contribution < -0.4 is 0 Å². The Morgan fingerprint density at radius 3 is 2.86 bits per heavy atom. The maximum Gasteiger partial charge on any atom is 0.279 e. The molecule has 2 rings (SSSR count). The van der Waals surface area contributed by atoms with Crippen LogP contribution in [0.1, 0.15) is 23.3 Å². The van der Waals surface area contributed by atoms with Crippen molar-refractivity contribution >= 4 is 11.8 Å². The van der Waals surface area contributed by atoms with E-state index < -0.39 is 0 Å². The number of amides is 2. The van der Waals surface area contributed by atoms with Gasteiger partial charge in [0.2, 0.25) is 5.91 Å². The number of hydrogen-bond donors (Lipinski definition) is 0. The number of likely N-dealkylation sites (tertiary alicyclic amines) is 1. The van der Waals surface area contributed by atoms with Gasteiger partial charge >= 0.3 is 0 Å². The molecule has 1 saturated heterocycles. The van der Waals surface area contributed by atoms with Crippen molar-refractivity contribution in [2.45, 2.75) is 12.8 Å². The Hall–Kier alpha value is -1.71. The van der Waals surface area contributed by atoms with Crippen LogP contribution in [0, 0.1) is 0 Å². The smallest absolute Gasteiger partial charge is 0.277 e. The molecule has 0 spiro atoms. The summed E-state index contributed by atoms with van der Waals surface area (Å²) in [7, 11) is 0. The average Bonchev–Trinajstić information content (AvgIpc) is 2.65. The predicted octanol–water partition coefficient (Wildman–Crippen LogP) is 0.844. The van der Waals surface area contributed by atoms with E-state index in [0.29, 0.717) is 18.7 Å². The van der Waals surface area contributed by atoms with E-state index >= 15 is 0 Å². The molecule has 1 fully saturated rings. The fourth-order valence-corrected chi connectivity index (χ4v) is 1.49. The summed E-state index contributed by atoms with van der Waals surface area (Å²) < 4.78 is 0. The van der Waals surface area contributed by atoms with E-state index in [-0.39, 0.29) is 11.8 Å². The van der Waals surface area contributed by atoms with E-state index in [4.69, 9.17) is 0 Å². The topological polar surface area (TPSA) is 50.3 Å². The third-order valence-corrected chi connectivity index (χ3v) is 2.20. The number of pyridine rings is 1. The Kier molecular flexibility index (Phi) is 2.26. The van der Waals surface area contributed by atoms with Gasteiger partial charge in [-0.15, -0.1) is 0 Å². The number of carbonyl (C=O) groups is 2. The molecule has 1 aromatic rings. The highest BCUT2D eigenvalue weighted by Crippen LogP contribution is 2.12. The summed E-state index contributed by atoms with van der Waals surface area (Å²) in [5, 5.41) is 0. The van der Waals surface area contributed by atoms with Gasteiger partial charge in [0.15, 0.2) is 0 Å². The van der Waals surface area contributed by atoms with Crippen molar-refractivity contribution in [1.82, 2.24) is 9.88 Å². The third-order valence-electron chi connectivity index (χ3n) is 2.20. The zero-order chi connectivity index (χ0) is 9.97. The standard InChI is InChI=1S/C10H10N2O2/c13-9-5-3-7-12(9)10(14)8-4-1-2-6-11-8/h1-2,4,6H,3,5,7H2. The summed E-state index contributed by atoms with van der Waals surface area (Å²) in [6.07, 6.45) is 2.78. The fourth-order valence-electron chi connectivity index (χ4n) is 1.49. The summed E-state index contributed by atoms with van der Waals surface area (Å²) in [6.45, 7) is 0.522. The molecule has 72 valence electrons. The third kappa shape index (κ3) is 1.51. The van der Waals surface area contributed by atoms with Gasteiger partial charge in [-0.05, 0) is 18.6 Å². The first-order valence-electron chi connectivity index (χ1n) is 4.55. The Morgan fingerprint density at radius 1 is 1.43 bits per heavy atom. The van der Waals surface area contributed by atoms with Crippen molar-refractivity contribution in [3.63, 3.8) is 0 Å².